The molecule has 0 aliphatic carbocycles. The number of rotatable bonds is 6. The maximum atomic E-state index is 17.0. The molecule has 0 unspecified atom stereocenters. The van der Waals surface area contributed by atoms with Crippen molar-refractivity contribution in [3.05, 3.63) is 57.7 Å². The Kier molecular flexibility index (Phi) is 8.13. The second kappa shape index (κ2) is 12.0. The van der Waals surface area contributed by atoms with Gasteiger partial charge in [0.2, 0.25) is 0 Å². The number of pyridine rings is 1. The van der Waals surface area contributed by atoms with Gasteiger partial charge < -0.3 is 25.8 Å². The Balaban J connectivity index is 1.48. The summed E-state index contributed by atoms with van der Waals surface area (Å²) >= 11 is 6.72. The van der Waals surface area contributed by atoms with Gasteiger partial charge in [0.25, 0.3) is 0 Å². The molecule has 0 radical (unpaired) electrons. The second-order valence-electron chi connectivity index (χ2n) is 12.8. The zero-order valence-corrected chi connectivity index (χ0v) is 27.2. The van der Waals surface area contributed by atoms with Gasteiger partial charge in [-0.3, -0.25) is 4.90 Å². The zero-order chi connectivity index (χ0) is 35.0. The number of halogens is 7. The Hall–Kier alpha value is -4.24. The highest BCUT2D eigenvalue weighted by molar-refractivity contribution is 6.36. The molecule has 3 atom stereocenters. The highest BCUT2D eigenvalue weighted by atomic mass is 35.5. The van der Waals surface area contributed by atoms with Crippen LogP contribution >= 0.6 is 11.6 Å². The number of aromatic nitrogens is 3. The number of nitrogens with zero attached hydrogens (tertiary/aromatic N) is 5. The first-order valence-electron chi connectivity index (χ1n) is 15.7. The molecule has 5 heterocycles. The van der Waals surface area contributed by atoms with Crippen molar-refractivity contribution in [2.75, 3.05) is 49.2 Å². The quantitative estimate of drug-likeness (QED) is 0.161. The van der Waals surface area contributed by atoms with Crippen molar-refractivity contribution in [2.24, 2.45) is 0 Å². The molecule has 0 saturated carbocycles. The molecule has 3 aliphatic heterocycles. The number of hydrogen-bond donors (Lipinski definition) is 2. The number of nitrogens with two attached hydrogens (primary N) is 2. The summed E-state index contributed by atoms with van der Waals surface area (Å²) < 4.78 is 103. The van der Waals surface area contributed by atoms with Crippen LogP contribution in [0.1, 0.15) is 48.9 Å². The number of ether oxygens (including phenoxy) is 2. The van der Waals surface area contributed by atoms with E-state index in [-0.39, 0.29) is 61.5 Å². The lowest BCUT2D eigenvalue weighted by Gasteiger charge is -2.32. The normalized spacial score (nSPS) is 21.5. The van der Waals surface area contributed by atoms with Crippen molar-refractivity contribution >= 4 is 39.8 Å². The molecule has 260 valence electrons. The fourth-order valence-corrected chi connectivity index (χ4v) is 7.94. The molecule has 0 amide bonds. The first kappa shape index (κ1) is 33.3. The molecule has 2 aromatic heterocycles. The molecule has 49 heavy (non-hydrogen) atoms. The smallest absolute Gasteiger partial charge is 0.417 e. The summed E-state index contributed by atoms with van der Waals surface area (Å²) in [7, 11) is 0. The van der Waals surface area contributed by atoms with Gasteiger partial charge >= 0.3 is 12.2 Å². The zero-order valence-electron chi connectivity index (χ0n) is 26.5. The largest absolute Gasteiger partial charge is 0.489 e. The molecular formula is C33H32ClF6N7O2. The topological polar surface area (TPSA) is 116 Å². The Labute approximate surface area is 282 Å². The summed E-state index contributed by atoms with van der Waals surface area (Å²) in [6.45, 7) is 3.88. The third-order valence-electron chi connectivity index (χ3n) is 9.84. The standard InChI is InChI=1S/C33H32ClF6N7O2/c1-15-11-19(41)25(36)20(23(15)33(38,39)40)21-24(34)28-22-27(26(21)37)44-31(49-14-32-6-4-8-46(32)13-17(35)12-32)45-30(22)47(9-10-48-28)16(2)18-5-3-7-43-29(18)42/h3,5,7,11,16-17H,4,6,8-10,12-14,41H2,1-2H3,(H2,42,43)/t16-,17-,32+/m1/s1. The van der Waals surface area contributed by atoms with Crippen LogP contribution in [0, 0.1) is 18.6 Å². The summed E-state index contributed by atoms with van der Waals surface area (Å²) in [4.78, 5) is 16.9. The van der Waals surface area contributed by atoms with Gasteiger partial charge in [-0.2, -0.15) is 23.1 Å². The number of nitrogen functional groups attached to an aromatic ring is 2. The van der Waals surface area contributed by atoms with Crippen molar-refractivity contribution in [2.45, 2.75) is 57.0 Å². The second-order valence-corrected chi connectivity index (χ2v) is 13.2. The van der Waals surface area contributed by atoms with Gasteiger partial charge in [-0.1, -0.05) is 17.7 Å². The molecule has 0 bridgehead atoms. The van der Waals surface area contributed by atoms with Gasteiger partial charge in [-0.15, -0.1) is 0 Å². The molecule has 7 rings (SSSR count). The van der Waals surface area contributed by atoms with E-state index >= 15 is 8.78 Å². The van der Waals surface area contributed by atoms with E-state index in [1.165, 1.54) is 6.20 Å². The van der Waals surface area contributed by atoms with E-state index < -0.39 is 74.0 Å². The third-order valence-corrected chi connectivity index (χ3v) is 10.2. The summed E-state index contributed by atoms with van der Waals surface area (Å²) in [5.74, 6) is -2.79. The van der Waals surface area contributed by atoms with Crippen LogP contribution in [0.25, 0.3) is 22.0 Å². The van der Waals surface area contributed by atoms with Crippen molar-refractivity contribution in [1.29, 1.82) is 0 Å². The van der Waals surface area contributed by atoms with Crippen LogP contribution in [-0.2, 0) is 6.18 Å². The Morgan fingerprint density at radius 1 is 1.16 bits per heavy atom. The Morgan fingerprint density at radius 3 is 2.67 bits per heavy atom. The van der Waals surface area contributed by atoms with Gasteiger partial charge in [-0.25, -0.2) is 18.2 Å². The van der Waals surface area contributed by atoms with Crippen LogP contribution < -0.4 is 25.8 Å². The van der Waals surface area contributed by atoms with Crippen molar-refractivity contribution in [1.82, 2.24) is 19.9 Å². The first-order chi connectivity index (χ1) is 23.2. The van der Waals surface area contributed by atoms with Crippen LogP contribution in [0.5, 0.6) is 11.8 Å². The minimum atomic E-state index is -5.11. The number of anilines is 3. The van der Waals surface area contributed by atoms with E-state index in [1.54, 1.807) is 17.0 Å². The highest BCUT2D eigenvalue weighted by Crippen LogP contribution is 2.52. The molecule has 0 spiro atoms. The highest BCUT2D eigenvalue weighted by Gasteiger charge is 2.49. The summed E-state index contributed by atoms with van der Waals surface area (Å²) in [5, 5.41) is -0.681. The van der Waals surface area contributed by atoms with E-state index in [2.05, 4.69) is 15.0 Å². The Morgan fingerprint density at radius 2 is 1.94 bits per heavy atom. The van der Waals surface area contributed by atoms with Crippen molar-refractivity contribution < 1.29 is 35.8 Å². The fourth-order valence-electron chi connectivity index (χ4n) is 7.61. The van der Waals surface area contributed by atoms with Gasteiger partial charge in [0.15, 0.2) is 17.4 Å². The predicted molar refractivity (Wildman–Crippen MR) is 173 cm³/mol. The molecule has 16 heteroatoms. The third kappa shape index (κ3) is 5.41. The van der Waals surface area contributed by atoms with Crippen LogP contribution in [0.4, 0.5) is 43.7 Å². The fraction of sp³-hybridized carbons (Fsp3) is 0.424. The maximum absolute atomic E-state index is 17.0. The molecule has 4 aromatic rings. The van der Waals surface area contributed by atoms with Crippen LogP contribution in [0.15, 0.2) is 24.4 Å². The van der Waals surface area contributed by atoms with Crippen molar-refractivity contribution in [3.63, 3.8) is 0 Å². The number of alkyl halides is 4. The molecule has 4 N–H and O–H groups in total. The summed E-state index contributed by atoms with van der Waals surface area (Å²) in [6.07, 6.45) is -2.90. The number of hydrogen-bond acceptors (Lipinski definition) is 9. The molecule has 2 fully saturated rings. The van der Waals surface area contributed by atoms with Crippen LogP contribution in [0.2, 0.25) is 5.02 Å². The van der Waals surface area contributed by atoms with E-state index in [9.17, 15) is 17.6 Å². The molecule has 2 saturated heterocycles. The van der Waals surface area contributed by atoms with E-state index in [1.807, 2.05) is 11.8 Å². The van der Waals surface area contributed by atoms with Crippen LogP contribution in [-0.4, -0.2) is 64.4 Å². The van der Waals surface area contributed by atoms with E-state index in [0.29, 0.717) is 18.5 Å². The predicted octanol–water partition coefficient (Wildman–Crippen LogP) is 7.03. The lowest BCUT2D eigenvalue weighted by atomic mass is 9.92. The minimum Gasteiger partial charge on any atom is -0.489 e. The summed E-state index contributed by atoms with van der Waals surface area (Å²) in [6, 6.07) is 3.43. The summed E-state index contributed by atoms with van der Waals surface area (Å²) in [5.41, 5.74) is 6.84. The minimum absolute atomic E-state index is 0.0177. The lowest BCUT2D eigenvalue weighted by molar-refractivity contribution is -0.137. The molecule has 2 aromatic carbocycles. The van der Waals surface area contributed by atoms with E-state index in [0.717, 1.165) is 19.4 Å². The average molecular weight is 708 g/mol. The number of aryl methyl sites for hydroxylation is 1. The van der Waals surface area contributed by atoms with Gasteiger partial charge in [-0.05, 0) is 50.9 Å². The monoisotopic (exact) mass is 707 g/mol. The lowest BCUT2D eigenvalue weighted by Crippen LogP contribution is -2.43. The van der Waals surface area contributed by atoms with Gasteiger partial charge in [0.1, 0.15) is 36.5 Å². The first-order valence-corrected chi connectivity index (χ1v) is 16.1. The SMILES string of the molecule is Cc1cc(N)c(F)c(-c2c(Cl)c3c4c(nc(OC[C@@]56CCCN5C[C@H](F)C6)nc4c2F)N([C@H](C)c2cccnc2N)CCO3)c1C(F)(F)F. The van der Waals surface area contributed by atoms with Crippen LogP contribution in [0.3, 0.4) is 0 Å². The molecular weight excluding hydrogens is 676 g/mol. The molecule has 9 nitrogen and oxygen atoms in total. The van der Waals surface area contributed by atoms with Gasteiger partial charge in [0, 0.05) is 35.9 Å². The number of benzene rings is 2. The van der Waals surface area contributed by atoms with E-state index in [4.69, 9.17) is 32.5 Å². The molecule has 3 aliphatic rings. The average Bonchev–Trinajstić information content (AvgIpc) is 3.49. The maximum Gasteiger partial charge on any atom is 0.417 e. The Bertz CT molecular complexity index is 1980. The van der Waals surface area contributed by atoms with Gasteiger partial charge in [0.05, 0.1) is 39.8 Å². The van der Waals surface area contributed by atoms with Crippen molar-refractivity contribution in [3.8, 4) is 22.9 Å². The number of fused-ring (bicyclic) bond motifs is 1.